The van der Waals surface area contributed by atoms with Crippen LogP contribution in [0, 0.1) is 0 Å². The molecule has 0 spiro atoms. The van der Waals surface area contributed by atoms with Crippen LogP contribution >= 0.6 is 22.9 Å². The molecule has 2 aromatic rings. The number of hydrogen-bond donors (Lipinski definition) is 1. The van der Waals surface area contributed by atoms with Crippen LogP contribution in [0.15, 0.2) is 40.6 Å². The van der Waals surface area contributed by atoms with Crippen molar-refractivity contribution >= 4 is 38.9 Å². The van der Waals surface area contributed by atoms with Crippen LogP contribution in [0.1, 0.15) is 15.9 Å². The number of hydrogen-bond acceptors (Lipinski definition) is 5. The highest BCUT2D eigenvalue weighted by atomic mass is 35.5. The number of methoxy groups -OCH3 is 1. The lowest BCUT2D eigenvalue weighted by Gasteiger charge is -2.05. The molecule has 2 rings (SSSR count). The highest BCUT2D eigenvalue weighted by molar-refractivity contribution is 7.91. The fraction of sp³-hybridized carbons (Fsp3) is 0.214. The van der Waals surface area contributed by atoms with Gasteiger partial charge in [0.15, 0.2) is 0 Å². The highest BCUT2D eigenvalue weighted by Gasteiger charge is 2.15. The molecule has 5 nitrogen and oxygen atoms in total. The fourth-order valence-electron chi connectivity index (χ4n) is 1.77. The van der Waals surface area contributed by atoms with Gasteiger partial charge in [-0.05, 0) is 36.2 Å². The van der Waals surface area contributed by atoms with Gasteiger partial charge in [0.05, 0.1) is 17.0 Å². The Bertz CT molecular complexity index is 753. The van der Waals surface area contributed by atoms with E-state index in [1.54, 1.807) is 30.3 Å². The summed E-state index contributed by atoms with van der Waals surface area (Å²) in [4.78, 5) is 11.3. The first-order chi connectivity index (χ1) is 10.4. The van der Waals surface area contributed by atoms with E-state index in [4.69, 9.17) is 11.6 Å². The standard InChI is InChI=1S/C14H14ClNO4S2/c1-20-14(17)11-4-2-10(3-5-11)8-9-16-22(18,19)13-7-6-12(15)21-13/h2-7,16H,8-9H2,1H3. The van der Waals surface area contributed by atoms with Crippen molar-refractivity contribution in [3.8, 4) is 0 Å². The molecule has 1 heterocycles. The largest absolute Gasteiger partial charge is 0.465 e. The lowest BCUT2D eigenvalue weighted by molar-refractivity contribution is 0.0600. The number of rotatable bonds is 6. The molecule has 0 amide bonds. The highest BCUT2D eigenvalue weighted by Crippen LogP contribution is 2.25. The minimum atomic E-state index is -3.53. The van der Waals surface area contributed by atoms with Gasteiger partial charge in [-0.25, -0.2) is 17.9 Å². The van der Waals surface area contributed by atoms with Crippen molar-refractivity contribution < 1.29 is 17.9 Å². The summed E-state index contributed by atoms with van der Waals surface area (Å²) in [7, 11) is -2.20. The summed E-state index contributed by atoms with van der Waals surface area (Å²) in [6, 6.07) is 9.85. The van der Waals surface area contributed by atoms with E-state index in [1.165, 1.54) is 13.2 Å². The maximum atomic E-state index is 12.0. The number of esters is 1. The number of carbonyl (C=O) groups excluding carboxylic acids is 1. The first kappa shape index (κ1) is 17.0. The average Bonchev–Trinajstić information content (AvgIpc) is 2.94. The maximum Gasteiger partial charge on any atom is 0.337 e. The van der Waals surface area contributed by atoms with Crippen molar-refractivity contribution in [2.45, 2.75) is 10.6 Å². The molecule has 0 fully saturated rings. The zero-order valence-electron chi connectivity index (χ0n) is 11.7. The number of nitrogens with one attached hydrogen (secondary N) is 1. The summed E-state index contributed by atoms with van der Waals surface area (Å²) in [6.45, 7) is 0.259. The molecule has 118 valence electrons. The molecular weight excluding hydrogens is 346 g/mol. The zero-order valence-corrected chi connectivity index (χ0v) is 14.1. The summed E-state index contributed by atoms with van der Waals surface area (Å²) in [6.07, 6.45) is 0.514. The summed E-state index contributed by atoms with van der Waals surface area (Å²) in [5.41, 5.74) is 1.37. The molecule has 0 radical (unpaired) electrons. The van der Waals surface area contributed by atoms with E-state index < -0.39 is 16.0 Å². The smallest absolute Gasteiger partial charge is 0.337 e. The van der Waals surface area contributed by atoms with Crippen LogP contribution in [0.3, 0.4) is 0 Å². The van der Waals surface area contributed by atoms with Crippen LogP contribution in [0.5, 0.6) is 0 Å². The van der Waals surface area contributed by atoms with Gasteiger partial charge in [0.1, 0.15) is 4.21 Å². The number of sulfonamides is 1. The van der Waals surface area contributed by atoms with Crippen molar-refractivity contribution in [3.05, 3.63) is 51.9 Å². The van der Waals surface area contributed by atoms with Gasteiger partial charge >= 0.3 is 5.97 Å². The second kappa shape index (κ2) is 7.23. The van der Waals surface area contributed by atoms with E-state index in [0.717, 1.165) is 16.9 Å². The molecule has 0 unspecified atom stereocenters. The summed E-state index contributed by atoms with van der Waals surface area (Å²) < 4.78 is 31.7. The van der Waals surface area contributed by atoms with Crippen LogP contribution < -0.4 is 4.72 Å². The van der Waals surface area contributed by atoms with Crippen molar-refractivity contribution in [2.24, 2.45) is 0 Å². The summed E-state index contributed by atoms with van der Waals surface area (Å²) in [5, 5.41) is 0. The van der Waals surface area contributed by atoms with Gasteiger partial charge in [0.25, 0.3) is 0 Å². The van der Waals surface area contributed by atoms with E-state index in [-0.39, 0.29) is 10.8 Å². The van der Waals surface area contributed by atoms with E-state index in [0.29, 0.717) is 16.3 Å². The first-order valence-corrected chi connectivity index (χ1v) is 9.02. The Morgan fingerprint density at radius 1 is 1.23 bits per heavy atom. The average molecular weight is 360 g/mol. The molecule has 0 aliphatic heterocycles. The molecule has 0 aliphatic rings. The zero-order chi connectivity index (χ0) is 16.2. The van der Waals surface area contributed by atoms with Gasteiger partial charge in [0.2, 0.25) is 10.0 Å². The number of carbonyl (C=O) groups is 1. The molecule has 0 saturated heterocycles. The Morgan fingerprint density at radius 3 is 2.45 bits per heavy atom. The predicted molar refractivity (Wildman–Crippen MR) is 86.0 cm³/mol. The van der Waals surface area contributed by atoms with E-state index in [2.05, 4.69) is 9.46 Å². The quantitative estimate of drug-likeness (QED) is 0.805. The third-order valence-electron chi connectivity index (χ3n) is 2.89. The number of benzene rings is 1. The Hall–Kier alpha value is -1.41. The molecule has 1 aromatic heterocycles. The van der Waals surface area contributed by atoms with Crippen molar-refractivity contribution in [1.29, 1.82) is 0 Å². The van der Waals surface area contributed by atoms with Crippen LogP contribution in [0.2, 0.25) is 4.34 Å². The van der Waals surface area contributed by atoms with E-state index >= 15 is 0 Å². The molecule has 8 heteroatoms. The van der Waals surface area contributed by atoms with E-state index in [9.17, 15) is 13.2 Å². The SMILES string of the molecule is COC(=O)c1ccc(CCNS(=O)(=O)c2ccc(Cl)s2)cc1. The molecule has 0 atom stereocenters. The fourth-order valence-corrected chi connectivity index (χ4v) is 4.33. The Labute approximate surface area is 137 Å². The molecule has 22 heavy (non-hydrogen) atoms. The van der Waals surface area contributed by atoms with Crippen molar-refractivity contribution in [2.75, 3.05) is 13.7 Å². The first-order valence-electron chi connectivity index (χ1n) is 6.34. The monoisotopic (exact) mass is 359 g/mol. The maximum absolute atomic E-state index is 12.0. The minimum Gasteiger partial charge on any atom is -0.465 e. The van der Waals surface area contributed by atoms with Crippen LogP contribution in [0.25, 0.3) is 0 Å². The lowest BCUT2D eigenvalue weighted by atomic mass is 10.1. The second-order valence-corrected chi connectivity index (χ2v) is 8.10. The van der Waals surface area contributed by atoms with Gasteiger partial charge in [-0.2, -0.15) is 0 Å². The van der Waals surface area contributed by atoms with Crippen LogP contribution in [-0.2, 0) is 21.2 Å². The lowest BCUT2D eigenvalue weighted by Crippen LogP contribution is -2.25. The topological polar surface area (TPSA) is 72.5 Å². The third kappa shape index (κ3) is 4.30. The van der Waals surface area contributed by atoms with Gasteiger partial charge in [-0.3, -0.25) is 0 Å². The van der Waals surface area contributed by atoms with E-state index in [1.807, 2.05) is 0 Å². The summed E-state index contributed by atoms with van der Waals surface area (Å²) in [5.74, 6) is -0.401. The molecule has 1 aromatic carbocycles. The van der Waals surface area contributed by atoms with Gasteiger partial charge in [0, 0.05) is 6.54 Å². The summed E-state index contributed by atoms with van der Waals surface area (Å²) >= 11 is 6.75. The Balaban J connectivity index is 1.92. The third-order valence-corrected chi connectivity index (χ3v) is 6.08. The normalized spacial score (nSPS) is 11.4. The number of ether oxygens (including phenoxy) is 1. The number of thiophene rings is 1. The second-order valence-electron chi connectivity index (χ2n) is 4.39. The van der Waals surface area contributed by atoms with Crippen LogP contribution in [0.4, 0.5) is 0 Å². The van der Waals surface area contributed by atoms with Crippen molar-refractivity contribution in [1.82, 2.24) is 4.72 Å². The van der Waals surface area contributed by atoms with Gasteiger partial charge < -0.3 is 4.74 Å². The number of halogens is 1. The molecule has 0 bridgehead atoms. The predicted octanol–water partition coefficient (Wildman–Crippen LogP) is 2.71. The molecule has 0 aliphatic carbocycles. The molecular formula is C14H14ClNO4S2. The van der Waals surface area contributed by atoms with Crippen LogP contribution in [-0.4, -0.2) is 28.0 Å². The Morgan fingerprint density at radius 2 is 1.91 bits per heavy atom. The Kier molecular flexibility index (Phi) is 5.57. The minimum absolute atomic E-state index is 0.193. The van der Waals surface area contributed by atoms with Gasteiger partial charge in [-0.15, -0.1) is 11.3 Å². The molecule has 1 N–H and O–H groups in total. The molecule has 0 saturated carbocycles. The van der Waals surface area contributed by atoms with Gasteiger partial charge in [-0.1, -0.05) is 23.7 Å². The van der Waals surface area contributed by atoms with Crippen molar-refractivity contribution in [3.63, 3.8) is 0 Å².